The molecule has 1 unspecified atom stereocenters. The van der Waals surface area contributed by atoms with Gasteiger partial charge in [-0.25, -0.2) is 4.79 Å². The van der Waals surface area contributed by atoms with Gasteiger partial charge < -0.3 is 15.8 Å². The predicted molar refractivity (Wildman–Crippen MR) is 78.5 cm³/mol. The number of carbonyl (C=O) groups is 2. The first-order valence-corrected chi connectivity index (χ1v) is 6.87. The van der Waals surface area contributed by atoms with Crippen LogP contribution < -0.4 is 11.1 Å². The van der Waals surface area contributed by atoms with Gasteiger partial charge >= 0.3 is 5.97 Å². The van der Waals surface area contributed by atoms with Gasteiger partial charge in [-0.1, -0.05) is 19.1 Å². The lowest BCUT2D eigenvalue weighted by Crippen LogP contribution is -2.22. The normalized spacial score (nSPS) is 11.8. The third-order valence-corrected chi connectivity index (χ3v) is 2.97. The number of hydrogen-bond donors (Lipinski definition) is 2. The van der Waals surface area contributed by atoms with E-state index in [9.17, 15) is 9.59 Å². The number of carbonyl (C=O) groups excluding carboxylic acids is 2. The Hall–Kier alpha value is -1.88. The molecular weight excluding hydrogens is 256 g/mol. The van der Waals surface area contributed by atoms with Crippen molar-refractivity contribution in [2.45, 2.75) is 26.7 Å². The molecule has 1 atom stereocenters. The number of nitrogens with two attached hydrogens (primary N) is 1. The van der Waals surface area contributed by atoms with Crippen LogP contribution in [-0.2, 0) is 9.53 Å². The Morgan fingerprint density at radius 3 is 2.70 bits per heavy atom. The van der Waals surface area contributed by atoms with E-state index in [0.29, 0.717) is 24.4 Å². The quantitative estimate of drug-likeness (QED) is 0.749. The predicted octanol–water partition coefficient (Wildman–Crippen LogP) is 2.18. The molecule has 1 amide bonds. The maximum absolute atomic E-state index is 12.0. The van der Waals surface area contributed by atoms with Crippen LogP contribution in [0.15, 0.2) is 24.3 Å². The smallest absolute Gasteiger partial charge is 0.340 e. The van der Waals surface area contributed by atoms with Crippen LogP contribution in [0, 0.1) is 5.92 Å². The van der Waals surface area contributed by atoms with Crippen molar-refractivity contribution in [3.63, 3.8) is 0 Å². The van der Waals surface area contributed by atoms with E-state index in [0.717, 1.165) is 12.8 Å². The second kappa shape index (κ2) is 8.32. The lowest BCUT2D eigenvalue weighted by Gasteiger charge is -2.14. The summed E-state index contributed by atoms with van der Waals surface area (Å²) in [6.45, 7) is 4.46. The minimum atomic E-state index is -0.432. The Labute approximate surface area is 119 Å². The Kier molecular flexibility index (Phi) is 6.73. The molecule has 0 aromatic heterocycles. The van der Waals surface area contributed by atoms with Crippen molar-refractivity contribution in [2.24, 2.45) is 11.7 Å². The van der Waals surface area contributed by atoms with Crippen molar-refractivity contribution in [1.82, 2.24) is 0 Å². The van der Waals surface area contributed by atoms with Crippen molar-refractivity contribution in [1.29, 1.82) is 0 Å². The van der Waals surface area contributed by atoms with Gasteiger partial charge in [-0.15, -0.1) is 0 Å². The van der Waals surface area contributed by atoms with Gasteiger partial charge in [0.2, 0.25) is 5.91 Å². The number of rotatable bonds is 7. The first-order chi connectivity index (χ1) is 9.60. The van der Waals surface area contributed by atoms with Crippen LogP contribution in [0.3, 0.4) is 0 Å². The van der Waals surface area contributed by atoms with Gasteiger partial charge in [0.05, 0.1) is 17.9 Å². The van der Waals surface area contributed by atoms with Crippen molar-refractivity contribution in [2.75, 3.05) is 18.5 Å². The van der Waals surface area contributed by atoms with Crippen molar-refractivity contribution in [3.8, 4) is 0 Å². The second-order valence-corrected chi connectivity index (χ2v) is 4.59. The Bertz CT molecular complexity index is 460. The molecule has 1 aromatic carbocycles. The number of hydrogen-bond acceptors (Lipinski definition) is 4. The SMILES string of the molecule is CCOC(=O)c1ccccc1NC(=O)C(C)CCCN. The monoisotopic (exact) mass is 278 g/mol. The third-order valence-electron chi connectivity index (χ3n) is 2.97. The number of ether oxygens (including phenoxy) is 1. The van der Waals surface area contributed by atoms with Gasteiger partial charge in [-0.2, -0.15) is 0 Å². The molecular formula is C15H22N2O3. The molecule has 0 spiro atoms. The summed E-state index contributed by atoms with van der Waals surface area (Å²) in [5.41, 5.74) is 6.28. The fraction of sp³-hybridized carbons (Fsp3) is 0.467. The molecule has 1 aromatic rings. The number of esters is 1. The molecule has 0 bridgehead atoms. The Balaban J connectivity index is 2.76. The summed E-state index contributed by atoms with van der Waals surface area (Å²) in [7, 11) is 0. The van der Waals surface area contributed by atoms with Gasteiger partial charge in [-0.3, -0.25) is 4.79 Å². The largest absolute Gasteiger partial charge is 0.462 e. The van der Waals surface area contributed by atoms with Crippen molar-refractivity contribution < 1.29 is 14.3 Å². The van der Waals surface area contributed by atoms with Crippen LogP contribution in [0.2, 0.25) is 0 Å². The van der Waals surface area contributed by atoms with Gasteiger partial charge in [0.25, 0.3) is 0 Å². The molecule has 20 heavy (non-hydrogen) atoms. The van der Waals surface area contributed by atoms with E-state index in [-0.39, 0.29) is 11.8 Å². The van der Waals surface area contributed by atoms with Crippen LogP contribution in [0.25, 0.3) is 0 Å². The Morgan fingerprint density at radius 1 is 1.35 bits per heavy atom. The fourth-order valence-corrected chi connectivity index (χ4v) is 1.79. The van der Waals surface area contributed by atoms with Crippen molar-refractivity contribution in [3.05, 3.63) is 29.8 Å². The molecule has 0 fully saturated rings. The molecule has 0 aliphatic heterocycles. The molecule has 5 heteroatoms. The molecule has 0 aliphatic rings. The van der Waals surface area contributed by atoms with Crippen LogP contribution in [0.5, 0.6) is 0 Å². The molecule has 5 nitrogen and oxygen atoms in total. The molecule has 0 radical (unpaired) electrons. The first-order valence-electron chi connectivity index (χ1n) is 6.87. The van der Waals surface area contributed by atoms with Gasteiger partial charge in [0, 0.05) is 5.92 Å². The van der Waals surface area contributed by atoms with E-state index < -0.39 is 5.97 Å². The highest BCUT2D eigenvalue weighted by atomic mass is 16.5. The summed E-state index contributed by atoms with van der Waals surface area (Å²) in [4.78, 5) is 23.8. The Morgan fingerprint density at radius 2 is 2.05 bits per heavy atom. The summed E-state index contributed by atoms with van der Waals surface area (Å²) in [6.07, 6.45) is 1.53. The van der Waals surface area contributed by atoms with Crippen LogP contribution in [0.1, 0.15) is 37.0 Å². The maximum Gasteiger partial charge on any atom is 0.340 e. The molecule has 110 valence electrons. The summed E-state index contributed by atoms with van der Waals surface area (Å²) >= 11 is 0. The zero-order valence-corrected chi connectivity index (χ0v) is 12.0. The highest BCUT2D eigenvalue weighted by Crippen LogP contribution is 2.18. The van der Waals surface area contributed by atoms with E-state index >= 15 is 0 Å². The lowest BCUT2D eigenvalue weighted by molar-refractivity contribution is -0.119. The van der Waals surface area contributed by atoms with Gasteiger partial charge in [0.15, 0.2) is 0 Å². The van der Waals surface area contributed by atoms with Gasteiger partial charge in [-0.05, 0) is 38.4 Å². The topological polar surface area (TPSA) is 81.4 Å². The summed E-state index contributed by atoms with van der Waals surface area (Å²) in [5.74, 6) is -0.693. The minimum absolute atomic E-state index is 0.116. The molecule has 0 aliphatic carbocycles. The maximum atomic E-state index is 12.0. The van der Waals surface area contributed by atoms with E-state index in [1.807, 2.05) is 6.92 Å². The fourth-order valence-electron chi connectivity index (χ4n) is 1.79. The molecule has 0 heterocycles. The van der Waals surface area contributed by atoms with E-state index in [1.54, 1.807) is 31.2 Å². The van der Waals surface area contributed by atoms with E-state index in [1.165, 1.54) is 0 Å². The summed E-state index contributed by atoms with van der Waals surface area (Å²) in [5, 5.41) is 2.78. The van der Waals surface area contributed by atoms with Gasteiger partial charge in [0.1, 0.15) is 0 Å². The number of amides is 1. The zero-order valence-electron chi connectivity index (χ0n) is 12.0. The highest BCUT2D eigenvalue weighted by Gasteiger charge is 2.17. The van der Waals surface area contributed by atoms with Crippen LogP contribution >= 0.6 is 0 Å². The first kappa shape index (κ1) is 16.2. The molecule has 3 N–H and O–H groups in total. The second-order valence-electron chi connectivity index (χ2n) is 4.59. The minimum Gasteiger partial charge on any atom is -0.462 e. The van der Waals surface area contributed by atoms with E-state index in [2.05, 4.69) is 5.32 Å². The molecule has 0 saturated heterocycles. The standard InChI is InChI=1S/C15H22N2O3/c1-3-20-15(19)12-8-4-5-9-13(12)17-14(18)11(2)7-6-10-16/h4-5,8-9,11H,3,6-7,10,16H2,1-2H3,(H,17,18). The zero-order chi connectivity index (χ0) is 15.0. The summed E-state index contributed by atoms with van der Waals surface area (Å²) in [6, 6.07) is 6.83. The molecule has 1 rings (SSSR count). The average molecular weight is 278 g/mol. The average Bonchev–Trinajstić information content (AvgIpc) is 2.45. The van der Waals surface area contributed by atoms with E-state index in [4.69, 9.17) is 10.5 Å². The third kappa shape index (κ3) is 4.66. The summed E-state index contributed by atoms with van der Waals surface area (Å²) < 4.78 is 4.97. The lowest BCUT2D eigenvalue weighted by atomic mass is 10.0. The number of benzene rings is 1. The van der Waals surface area contributed by atoms with Crippen LogP contribution in [-0.4, -0.2) is 25.0 Å². The molecule has 0 saturated carbocycles. The number of anilines is 1. The number of para-hydroxylation sites is 1. The highest BCUT2D eigenvalue weighted by molar-refractivity contribution is 6.01. The van der Waals surface area contributed by atoms with Crippen LogP contribution in [0.4, 0.5) is 5.69 Å². The number of nitrogens with one attached hydrogen (secondary N) is 1. The van der Waals surface area contributed by atoms with Crippen molar-refractivity contribution >= 4 is 17.6 Å².